The van der Waals surface area contributed by atoms with Gasteiger partial charge in [0, 0.05) is 67.1 Å². The molecule has 0 aliphatic carbocycles. The third-order valence-electron chi connectivity index (χ3n) is 0. The molecule has 3 N–H and O–H groups in total. The van der Waals surface area contributed by atoms with E-state index in [1.807, 2.05) is 0 Å². The minimum atomic E-state index is -4.64. The molecule has 0 atom stereocenters. The van der Waals surface area contributed by atoms with Gasteiger partial charge in [0.05, 0.1) is 0 Å². The molecule has 0 aromatic carbocycles. The van der Waals surface area contributed by atoms with Gasteiger partial charge in [0.1, 0.15) is 0 Å². The maximum atomic E-state index is 8.88. The van der Waals surface area contributed by atoms with E-state index in [0.29, 0.717) is 0 Å². The average molecular weight is 422 g/mol. The van der Waals surface area contributed by atoms with Crippen LogP contribution >= 0.6 is 7.82 Å². The van der Waals surface area contributed by atoms with E-state index >= 15 is 0 Å². The summed E-state index contributed by atoms with van der Waals surface area (Å²) in [5.74, 6) is 0. The van der Waals surface area contributed by atoms with Crippen LogP contribution in [-0.4, -0.2) is 14.7 Å². The van der Waals surface area contributed by atoms with Gasteiger partial charge >= 0.3 is 7.82 Å². The van der Waals surface area contributed by atoms with Crippen molar-refractivity contribution in [3.63, 3.8) is 0 Å². The maximum absolute atomic E-state index is 8.88. The standard InChI is InChI=1S/3Ag.H3O4P/c;;;1-5(2,3)4/h;;;(H3,1,2,3,4). The van der Waals surface area contributed by atoms with Crippen LogP contribution in [0.2, 0.25) is 0 Å². The normalized spacial score (nSPS) is 7.38. The number of hydrogen-bond donors (Lipinski definition) is 3. The first-order chi connectivity index (χ1) is 2.00. The molecule has 0 fully saturated rings. The molecule has 0 bridgehead atoms. The Kier molecular flexibility index (Phi) is 26.2. The van der Waals surface area contributed by atoms with Gasteiger partial charge in [-0.25, -0.2) is 4.57 Å². The van der Waals surface area contributed by atoms with Gasteiger partial charge in [-0.1, -0.05) is 0 Å². The molecule has 65 valence electrons. The van der Waals surface area contributed by atoms with Crippen molar-refractivity contribution in [2.45, 2.75) is 0 Å². The van der Waals surface area contributed by atoms with Crippen LogP contribution in [0.25, 0.3) is 0 Å². The summed E-state index contributed by atoms with van der Waals surface area (Å²) in [5.41, 5.74) is 0. The molecule has 0 rings (SSSR count). The van der Waals surface area contributed by atoms with E-state index in [4.69, 9.17) is 19.2 Å². The Labute approximate surface area is 93.2 Å². The molecule has 0 aromatic rings. The molecule has 8 heteroatoms. The molecule has 0 saturated carbocycles. The van der Waals surface area contributed by atoms with Crippen molar-refractivity contribution in [2.24, 2.45) is 0 Å². The summed E-state index contributed by atoms with van der Waals surface area (Å²) < 4.78 is 8.88. The molecule has 0 aliphatic rings. The Balaban J connectivity index is -0.0000000267. The fourth-order valence-electron chi connectivity index (χ4n) is 0. The van der Waals surface area contributed by atoms with Crippen molar-refractivity contribution in [2.75, 3.05) is 0 Å². The molecule has 4 nitrogen and oxygen atoms in total. The number of phosphoric acid groups is 1. The molecule has 0 unspecified atom stereocenters. The summed E-state index contributed by atoms with van der Waals surface area (Å²) in [6.07, 6.45) is 0. The van der Waals surface area contributed by atoms with Crippen LogP contribution in [0.3, 0.4) is 0 Å². The van der Waals surface area contributed by atoms with E-state index < -0.39 is 7.82 Å². The minimum Gasteiger partial charge on any atom is -0.303 e. The minimum absolute atomic E-state index is 0. The predicted octanol–water partition coefficient (Wildman–Crippen LogP) is -0.936. The van der Waals surface area contributed by atoms with E-state index in [1.165, 1.54) is 0 Å². The average Bonchev–Trinajstić information content (AvgIpc) is 0.722. The second kappa shape index (κ2) is 9.33. The number of rotatable bonds is 0. The van der Waals surface area contributed by atoms with Gasteiger partial charge in [0.15, 0.2) is 0 Å². The van der Waals surface area contributed by atoms with Gasteiger partial charge < -0.3 is 14.7 Å². The Morgan fingerprint density at radius 3 is 0.875 bits per heavy atom. The summed E-state index contributed by atoms with van der Waals surface area (Å²) in [7, 11) is -4.64. The molecule has 8 heavy (non-hydrogen) atoms. The smallest absolute Gasteiger partial charge is 0.303 e. The van der Waals surface area contributed by atoms with Crippen LogP contribution < -0.4 is 0 Å². The third kappa shape index (κ3) is 82.4. The first-order valence-corrected chi connectivity index (χ1v) is 2.35. The van der Waals surface area contributed by atoms with Crippen LogP contribution in [0.1, 0.15) is 0 Å². The zero-order chi connectivity index (χ0) is 4.50. The zero-order valence-electron chi connectivity index (χ0n) is 3.10. The van der Waals surface area contributed by atoms with Gasteiger partial charge in [-0.15, -0.1) is 0 Å². The van der Waals surface area contributed by atoms with Crippen molar-refractivity contribution in [3.8, 4) is 0 Å². The van der Waals surface area contributed by atoms with Crippen molar-refractivity contribution in [3.05, 3.63) is 0 Å². The second-order valence-corrected chi connectivity index (χ2v) is 1.54. The Morgan fingerprint density at radius 1 is 0.875 bits per heavy atom. The monoisotopic (exact) mass is 419 g/mol. The molecule has 0 amide bonds. The van der Waals surface area contributed by atoms with Gasteiger partial charge in [0.25, 0.3) is 0 Å². The van der Waals surface area contributed by atoms with Crippen molar-refractivity contribution >= 4 is 7.82 Å². The molecule has 0 spiro atoms. The molecule has 0 heterocycles. The van der Waals surface area contributed by atoms with Crippen LogP contribution in [-0.2, 0) is 71.7 Å². The second-order valence-electron chi connectivity index (χ2n) is 0.513. The maximum Gasteiger partial charge on any atom is 0.466 e. The summed E-state index contributed by atoms with van der Waals surface area (Å²) >= 11 is 0. The van der Waals surface area contributed by atoms with Crippen LogP contribution in [0.5, 0.6) is 0 Å². The zero-order valence-corrected chi connectivity index (χ0v) is 8.44. The fourth-order valence-corrected chi connectivity index (χ4v) is 0. The van der Waals surface area contributed by atoms with Gasteiger partial charge in [-0.05, 0) is 0 Å². The van der Waals surface area contributed by atoms with Crippen LogP contribution in [0.4, 0.5) is 0 Å². The molecular formula is H3Ag3O4P. The Bertz CT molecular complexity index is 57.4. The predicted molar refractivity (Wildman–Crippen MR) is 14.3 cm³/mol. The van der Waals surface area contributed by atoms with Gasteiger partial charge in [-0.3, -0.25) is 0 Å². The van der Waals surface area contributed by atoms with Crippen molar-refractivity contribution in [1.29, 1.82) is 0 Å². The fraction of sp³-hybridized carbons (Fsp3) is 0. The Hall–Kier alpha value is 2.33. The van der Waals surface area contributed by atoms with Crippen molar-refractivity contribution in [1.82, 2.24) is 0 Å². The SMILES string of the molecule is O=P(O)(O)O.[Ag].[Ag].[Ag]. The van der Waals surface area contributed by atoms with E-state index in [0.717, 1.165) is 0 Å². The topological polar surface area (TPSA) is 77.8 Å². The first-order valence-electron chi connectivity index (χ1n) is 0.783. The molecule has 3 radical (unpaired) electrons. The van der Waals surface area contributed by atoms with Crippen LogP contribution in [0, 0.1) is 0 Å². The van der Waals surface area contributed by atoms with Crippen LogP contribution in [0.15, 0.2) is 0 Å². The van der Waals surface area contributed by atoms with Gasteiger partial charge in [-0.2, -0.15) is 0 Å². The van der Waals surface area contributed by atoms with E-state index in [2.05, 4.69) is 0 Å². The summed E-state index contributed by atoms with van der Waals surface area (Å²) in [5, 5.41) is 0. The van der Waals surface area contributed by atoms with E-state index in [9.17, 15) is 0 Å². The molecule has 0 aromatic heterocycles. The summed E-state index contributed by atoms with van der Waals surface area (Å²) in [6, 6.07) is 0. The molecule has 0 aliphatic heterocycles. The number of hydrogen-bond acceptors (Lipinski definition) is 1. The summed E-state index contributed by atoms with van der Waals surface area (Å²) in [4.78, 5) is 21.6. The van der Waals surface area contributed by atoms with Gasteiger partial charge in [0.2, 0.25) is 0 Å². The van der Waals surface area contributed by atoms with E-state index in [1.54, 1.807) is 0 Å². The molecular weight excluding hydrogens is 419 g/mol. The quantitative estimate of drug-likeness (QED) is 0.349. The summed E-state index contributed by atoms with van der Waals surface area (Å²) in [6.45, 7) is 0. The van der Waals surface area contributed by atoms with Crippen molar-refractivity contribution < 1.29 is 86.4 Å². The Morgan fingerprint density at radius 2 is 0.875 bits per heavy atom. The first kappa shape index (κ1) is 22.4. The largest absolute Gasteiger partial charge is 0.466 e. The third-order valence-corrected chi connectivity index (χ3v) is 0. The molecule has 0 saturated heterocycles. The van der Waals surface area contributed by atoms with E-state index in [-0.39, 0.29) is 67.1 Å².